The van der Waals surface area contributed by atoms with Crippen molar-refractivity contribution in [2.45, 2.75) is 13.3 Å². The van der Waals surface area contributed by atoms with Gasteiger partial charge < -0.3 is 15.5 Å². The molecular formula is C13H16FN3O2. The number of anilines is 1. The molecule has 0 aromatic carbocycles. The fourth-order valence-corrected chi connectivity index (χ4v) is 1.25. The van der Waals surface area contributed by atoms with Crippen LogP contribution in [0.4, 0.5) is 10.2 Å². The van der Waals surface area contributed by atoms with Crippen LogP contribution in [0.2, 0.25) is 0 Å². The summed E-state index contributed by atoms with van der Waals surface area (Å²) in [5.41, 5.74) is 0.294. The summed E-state index contributed by atoms with van der Waals surface area (Å²) < 4.78 is 17.3. The second-order valence-corrected chi connectivity index (χ2v) is 3.65. The summed E-state index contributed by atoms with van der Waals surface area (Å²) in [6.07, 6.45) is 4.17. The van der Waals surface area contributed by atoms with Crippen LogP contribution in [0.25, 0.3) is 0 Å². The van der Waals surface area contributed by atoms with E-state index in [1.165, 1.54) is 24.3 Å². The molecule has 0 bridgehead atoms. The Balaban J connectivity index is 2.27. The van der Waals surface area contributed by atoms with Gasteiger partial charge in [-0.15, -0.1) is 0 Å². The second kappa shape index (κ2) is 7.97. The largest absolute Gasteiger partial charge is 0.463 e. The average molecular weight is 265 g/mol. The van der Waals surface area contributed by atoms with Crippen LogP contribution in [0.15, 0.2) is 30.5 Å². The van der Waals surface area contributed by atoms with E-state index in [4.69, 9.17) is 10.1 Å². The summed E-state index contributed by atoms with van der Waals surface area (Å²) in [6, 6.07) is 2.83. The Bertz CT molecular complexity index is 457. The third-order valence-electron chi connectivity index (χ3n) is 2.14. The zero-order valence-electron chi connectivity index (χ0n) is 10.6. The molecule has 0 radical (unpaired) electrons. The normalized spacial score (nSPS) is 10.4. The van der Waals surface area contributed by atoms with E-state index >= 15 is 0 Å². The summed E-state index contributed by atoms with van der Waals surface area (Å²) in [6.45, 7) is 2.51. The number of allylic oxidation sites excluding steroid dienone is 1. The molecular weight excluding hydrogens is 249 g/mol. The van der Waals surface area contributed by atoms with Gasteiger partial charge in [-0.1, -0.05) is 0 Å². The molecule has 5 nitrogen and oxygen atoms in total. The van der Waals surface area contributed by atoms with E-state index in [1.54, 1.807) is 6.92 Å². The van der Waals surface area contributed by atoms with Gasteiger partial charge in [-0.2, -0.15) is 0 Å². The lowest BCUT2D eigenvalue weighted by atomic mass is 10.2. The van der Waals surface area contributed by atoms with Crippen LogP contribution in [0.5, 0.6) is 0 Å². The first-order chi connectivity index (χ1) is 9.11. The van der Waals surface area contributed by atoms with Crippen molar-refractivity contribution in [3.05, 3.63) is 36.3 Å². The smallest absolute Gasteiger partial charge is 0.330 e. The fourth-order valence-electron chi connectivity index (χ4n) is 1.25. The van der Waals surface area contributed by atoms with E-state index in [0.717, 1.165) is 6.20 Å². The summed E-state index contributed by atoms with van der Waals surface area (Å²) >= 11 is 0. The highest BCUT2D eigenvalue weighted by Crippen LogP contribution is 2.03. The predicted octanol–water partition coefficient (Wildman–Crippen LogP) is 2.16. The quantitative estimate of drug-likeness (QED) is 0.450. The van der Waals surface area contributed by atoms with E-state index in [9.17, 15) is 9.18 Å². The Morgan fingerprint density at radius 3 is 2.95 bits per heavy atom. The van der Waals surface area contributed by atoms with E-state index in [1.807, 2.05) is 0 Å². The van der Waals surface area contributed by atoms with Crippen molar-refractivity contribution in [3.63, 3.8) is 0 Å². The maximum atomic E-state index is 12.6. The van der Waals surface area contributed by atoms with Gasteiger partial charge >= 0.3 is 5.97 Å². The maximum absolute atomic E-state index is 12.6. The van der Waals surface area contributed by atoms with Gasteiger partial charge in [0.05, 0.1) is 12.8 Å². The number of esters is 1. The number of hydrogen-bond acceptors (Lipinski definition) is 5. The zero-order valence-corrected chi connectivity index (χ0v) is 10.6. The molecule has 1 heterocycles. The molecule has 0 aliphatic heterocycles. The molecule has 102 valence electrons. The van der Waals surface area contributed by atoms with Gasteiger partial charge in [0, 0.05) is 24.8 Å². The lowest BCUT2D eigenvalue weighted by Crippen LogP contribution is -2.08. The lowest BCUT2D eigenvalue weighted by molar-refractivity contribution is -0.137. The van der Waals surface area contributed by atoms with E-state index in [-0.39, 0.29) is 0 Å². The molecule has 0 unspecified atom stereocenters. The predicted molar refractivity (Wildman–Crippen MR) is 70.8 cm³/mol. The highest BCUT2D eigenvalue weighted by molar-refractivity contribution is 5.97. The number of rotatable bonds is 7. The van der Waals surface area contributed by atoms with Crippen molar-refractivity contribution < 1.29 is 13.9 Å². The van der Waals surface area contributed by atoms with Gasteiger partial charge in [-0.25, -0.2) is 14.2 Å². The van der Waals surface area contributed by atoms with Crippen molar-refractivity contribution >= 4 is 17.5 Å². The Hall–Kier alpha value is -2.24. The second-order valence-electron chi connectivity index (χ2n) is 3.65. The van der Waals surface area contributed by atoms with Crippen LogP contribution >= 0.6 is 0 Å². The number of halogens is 1. The summed E-state index contributed by atoms with van der Waals surface area (Å²) in [7, 11) is 0. The van der Waals surface area contributed by atoms with E-state index in [2.05, 4.69) is 10.3 Å². The van der Waals surface area contributed by atoms with Crippen LogP contribution < -0.4 is 5.32 Å². The zero-order chi connectivity index (χ0) is 14.1. The highest BCUT2D eigenvalue weighted by atomic mass is 19.1. The monoisotopic (exact) mass is 265 g/mol. The van der Waals surface area contributed by atoms with Crippen molar-refractivity contribution in [1.82, 2.24) is 4.98 Å². The van der Waals surface area contributed by atoms with Gasteiger partial charge in [0.25, 0.3) is 0 Å². The molecule has 0 saturated carbocycles. The molecule has 0 spiro atoms. The van der Waals surface area contributed by atoms with Crippen LogP contribution in [0.1, 0.15) is 13.3 Å². The standard InChI is InChI=1S/C13H16FN3O2/c1-2-19-13(18)6-4-11(15)7-8-16-12-5-3-10(14)9-17-12/h3-6,9,15H,2,7-8H2,1H3,(H,16,17)/b6-4+,15-11?. The number of hydrogen-bond donors (Lipinski definition) is 2. The Labute approximate surface area is 111 Å². The van der Waals surface area contributed by atoms with Gasteiger partial charge in [-0.05, 0) is 25.1 Å². The summed E-state index contributed by atoms with van der Waals surface area (Å²) in [5, 5.41) is 10.5. The van der Waals surface area contributed by atoms with Crippen molar-refractivity contribution in [2.75, 3.05) is 18.5 Å². The minimum atomic E-state index is -0.458. The molecule has 0 aliphatic rings. The molecule has 1 aromatic heterocycles. The number of carbonyl (C=O) groups excluding carboxylic acids is 1. The number of ether oxygens (including phenoxy) is 1. The minimum Gasteiger partial charge on any atom is -0.463 e. The molecule has 2 N–H and O–H groups in total. The third-order valence-corrected chi connectivity index (χ3v) is 2.14. The molecule has 0 atom stereocenters. The molecule has 1 rings (SSSR count). The first kappa shape index (κ1) is 14.8. The molecule has 0 saturated heterocycles. The molecule has 0 aliphatic carbocycles. The van der Waals surface area contributed by atoms with Gasteiger partial charge in [-0.3, -0.25) is 0 Å². The van der Waals surface area contributed by atoms with Crippen LogP contribution in [-0.4, -0.2) is 29.8 Å². The molecule has 19 heavy (non-hydrogen) atoms. The molecule has 6 heteroatoms. The highest BCUT2D eigenvalue weighted by Gasteiger charge is 1.98. The number of carbonyl (C=O) groups is 1. The SMILES string of the molecule is CCOC(=O)/C=C/C(=N)CCNc1ccc(F)cn1. The number of nitrogens with one attached hydrogen (secondary N) is 2. The Morgan fingerprint density at radius 2 is 2.32 bits per heavy atom. The molecule has 0 fully saturated rings. The van der Waals surface area contributed by atoms with E-state index in [0.29, 0.717) is 31.1 Å². The maximum Gasteiger partial charge on any atom is 0.330 e. The minimum absolute atomic E-state index is 0.294. The molecule has 0 amide bonds. The van der Waals surface area contributed by atoms with E-state index < -0.39 is 11.8 Å². The lowest BCUT2D eigenvalue weighted by Gasteiger charge is -2.04. The van der Waals surface area contributed by atoms with Crippen LogP contribution in [0, 0.1) is 11.2 Å². The third kappa shape index (κ3) is 6.30. The number of nitrogens with zero attached hydrogens (tertiary/aromatic N) is 1. The number of aromatic nitrogens is 1. The average Bonchev–Trinajstić information content (AvgIpc) is 2.39. The topological polar surface area (TPSA) is 75.1 Å². The van der Waals surface area contributed by atoms with Crippen molar-refractivity contribution in [2.24, 2.45) is 0 Å². The molecule has 1 aromatic rings. The summed E-state index contributed by atoms with van der Waals surface area (Å²) in [4.78, 5) is 14.8. The Kier molecular flexibility index (Phi) is 6.21. The first-order valence-corrected chi connectivity index (χ1v) is 5.89. The summed E-state index contributed by atoms with van der Waals surface area (Å²) in [5.74, 6) is -0.306. The fraction of sp³-hybridized carbons (Fsp3) is 0.308. The van der Waals surface area contributed by atoms with Crippen molar-refractivity contribution in [1.29, 1.82) is 5.41 Å². The van der Waals surface area contributed by atoms with Gasteiger partial charge in [0.2, 0.25) is 0 Å². The van der Waals surface area contributed by atoms with Crippen LogP contribution in [0.3, 0.4) is 0 Å². The first-order valence-electron chi connectivity index (χ1n) is 5.89. The Morgan fingerprint density at radius 1 is 1.53 bits per heavy atom. The van der Waals surface area contributed by atoms with Gasteiger partial charge in [0.15, 0.2) is 0 Å². The number of pyridine rings is 1. The van der Waals surface area contributed by atoms with Crippen molar-refractivity contribution in [3.8, 4) is 0 Å². The van der Waals surface area contributed by atoms with Crippen LogP contribution in [-0.2, 0) is 9.53 Å². The van der Waals surface area contributed by atoms with Gasteiger partial charge in [0.1, 0.15) is 11.6 Å².